The lowest BCUT2D eigenvalue weighted by Crippen LogP contribution is -2.13. The predicted molar refractivity (Wildman–Crippen MR) is 145 cm³/mol. The highest BCUT2D eigenvalue weighted by Crippen LogP contribution is 2.27. The first-order valence-corrected chi connectivity index (χ1v) is 12.1. The van der Waals surface area contributed by atoms with Crippen molar-refractivity contribution in [2.75, 3.05) is 20.3 Å². The fourth-order valence-corrected chi connectivity index (χ4v) is 3.44. The number of carbonyl (C=O) groups excluding carboxylic acids is 1. The summed E-state index contributed by atoms with van der Waals surface area (Å²) < 4.78 is 16.1. The van der Waals surface area contributed by atoms with Crippen molar-refractivity contribution in [3.63, 3.8) is 0 Å². The maximum Gasteiger partial charge on any atom is 0.343 e. The zero-order valence-electron chi connectivity index (χ0n) is 21.4. The van der Waals surface area contributed by atoms with Gasteiger partial charge >= 0.3 is 5.97 Å². The number of aryl methyl sites for hydroxylation is 1. The zero-order chi connectivity index (χ0) is 26.1. The number of hydrogen-bond donors (Lipinski definition) is 0. The van der Waals surface area contributed by atoms with Crippen LogP contribution in [-0.4, -0.2) is 26.3 Å². The number of hydrogen-bond acceptors (Lipinski definition) is 4. The molecule has 0 aliphatic heterocycles. The average Bonchev–Trinajstić information content (AvgIpc) is 2.85. The Labute approximate surface area is 218 Å². The maximum absolute atomic E-state index is 11.3. The summed E-state index contributed by atoms with van der Waals surface area (Å²) in [7, 11) is 1.33. The molecule has 0 heterocycles. The Morgan fingerprint density at radius 3 is 2.17 bits per heavy atom. The van der Waals surface area contributed by atoms with Crippen LogP contribution in [0, 0.1) is 24.2 Å². The first-order chi connectivity index (χ1) is 17.1. The number of ether oxygens (including phenoxy) is 3. The second-order valence-corrected chi connectivity index (χ2v) is 9.74. The Morgan fingerprint density at radius 1 is 0.944 bits per heavy atom. The molecule has 0 aliphatic rings. The van der Waals surface area contributed by atoms with Crippen LogP contribution < -0.4 is 9.47 Å². The molecule has 3 aromatic carbocycles. The molecule has 186 valence electrons. The van der Waals surface area contributed by atoms with Crippen LogP contribution in [0.5, 0.6) is 11.5 Å². The van der Waals surface area contributed by atoms with Gasteiger partial charge in [-0.3, -0.25) is 0 Å². The highest BCUT2D eigenvalue weighted by molar-refractivity contribution is 6.30. The van der Waals surface area contributed by atoms with Gasteiger partial charge < -0.3 is 14.2 Å². The van der Waals surface area contributed by atoms with Gasteiger partial charge in [-0.05, 0) is 98.5 Å². The van der Waals surface area contributed by atoms with E-state index in [0.29, 0.717) is 23.1 Å². The minimum absolute atomic E-state index is 0.0472. The van der Waals surface area contributed by atoms with E-state index in [-0.39, 0.29) is 12.0 Å². The van der Waals surface area contributed by atoms with Crippen molar-refractivity contribution in [3.05, 3.63) is 100 Å². The Hall–Kier alpha value is -3.68. The number of esters is 1. The molecule has 4 nitrogen and oxygen atoms in total. The van der Waals surface area contributed by atoms with Gasteiger partial charge in [0.15, 0.2) is 6.61 Å². The quantitative estimate of drug-likeness (QED) is 0.243. The molecule has 5 heteroatoms. The van der Waals surface area contributed by atoms with E-state index in [0.717, 1.165) is 27.8 Å². The largest absolute Gasteiger partial charge is 0.489 e. The predicted octanol–water partition coefficient (Wildman–Crippen LogP) is 7.11. The molecular formula is C31H31ClO4. The Bertz CT molecular complexity index is 1270. The van der Waals surface area contributed by atoms with Crippen LogP contribution >= 0.6 is 11.6 Å². The van der Waals surface area contributed by atoms with Crippen molar-refractivity contribution in [2.45, 2.75) is 27.7 Å². The molecular weight excluding hydrogens is 472 g/mol. The van der Waals surface area contributed by atoms with E-state index in [9.17, 15) is 4.79 Å². The molecule has 0 amide bonds. The van der Waals surface area contributed by atoms with Gasteiger partial charge in [0.1, 0.15) is 18.1 Å². The lowest BCUT2D eigenvalue weighted by molar-refractivity contribution is -0.142. The Morgan fingerprint density at radius 2 is 1.58 bits per heavy atom. The molecule has 36 heavy (non-hydrogen) atoms. The summed E-state index contributed by atoms with van der Waals surface area (Å²) in [4.78, 5) is 11.3. The lowest BCUT2D eigenvalue weighted by atomic mass is 9.95. The smallest absolute Gasteiger partial charge is 0.343 e. The van der Waals surface area contributed by atoms with Crippen molar-refractivity contribution in [1.29, 1.82) is 0 Å². The Kier molecular flexibility index (Phi) is 9.22. The third-order valence-electron chi connectivity index (χ3n) is 5.19. The third-order valence-corrected chi connectivity index (χ3v) is 5.44. The number of halogens is 1. The van der Waals surface area contributed by atoms with Gasteiger partial charge in [-0.15, -0.1) is 0 Å². The monoisotopic (exact) mass is 502 g/mol. The molecule has 0 radical (unpaired) electrons. The molecule has 0 saturated heterocycles. The summed E-state index contributed by atoms with van der Waals surface area (Å²) in [5.74, 6) is 7.40. The Balaban J connectivity index is 1.79. The van der Waals surface area contributed by atoms with Crippen LogP contribution in [0.1, 0.15) is 43.0 Å². The van der Waals surface area contributed by atoms with Gasteiger partial charge in [0.05, 0.1) is 7.11 Å². The van der Waals surface area contributed by atoms with Crippen molar-refractivity contribution in [1.82, 2.24) is 0 Å². The van der Waals surface area contributed by atoms with Crippen LogP contribution in [0.4, 0.5) is 0 Å². The molecule has 0 bridgehead atoms. The molecule has 0 aromatic heterocycles. The van der Waals surface area contributed by atoms with Crippen LogP contribution in [-0.2, 0) is 9.53 Å². The fourth-order valence-electron chi connectivity index (χ4n) is 3.32. The van der Waals surface area contributed by atoms with Crippen molar-refractivity contribution in [2.24, 2.45) is 5.41 Å². The number of benzene rings is 3. The molecule has 0 fully saturated rings. The first kappa shape index (κ1) is 26.9. The molecule has 0 saturated carbocycles. The van der Waals surface area contributed by atoms with Gasteiger partial charge in [-0.2, -0.15) is 0 Å². The van der Waals surface area contributed by atoms with Crippen molar-refractivity contribution < 1.29 is 19.0 Å². The zero-order valence-corrected chi connectivity index (χ0v) is 22.1. The summed E-state index contributed by atoms with van der Waals surface area (Å²) in [6.07, 6.45) is 2.05. The van der Waals surface area contributed by atoms with E-state index in [1.54, 1.807) is 6.07 Å². The van der Waals surface area contributed by atoms with E-state index >= 15 is 0 Å². The summed E-state index contributed by atoms with van der Waals surface area (Å²) in [6, 6.07) is 21.5. The van der Waals surface area contributed by atoms with Gasteiger partial charge in [0, 0.05) is 16.0 Å². The molecule has 0 spiro atoms. The first-order valence-electron chi connectivity index (χ1n) is 11.7. The highest BCUT2D eigenvalue weighted by Gasteiger charge is 2.08. The fraction of sp³-hybridized carbons (Fsp3) is 0.258. The van der Waals surface area contributed by atoms with Gasteiger partial charge in [-0.25, -0.2) is 4.79 Å². The summed E-state index contributed by atoms with van der Waals surface area (Å²) >= 11 is 6.12. The van der Waals surface area contributed by atoms with Gasteiger partial charge in [0.25, 0.3) is 0 Å². The third kappa shape index (κ3) is 8.22. The second-order valence-electron chi connectivity index (χ2n) is 9.31. The number of rotatable bonds is 8. The van der Waals surface area contributed by atoms with Crippen LogP contribution in [0.25, 0.3) is 5.57 Å². The van der Waals surface area contributed by atoms with E-state index in [1.165, 1.54) is 7.11 Å². The molecule has 3 rings (SSSR count). The van der Waals surface area contributed by atoms with Crippen LogP contribution in [0.2, 0.25) is 5.02 Å². The standard InChI is InChI=1S/C31H31ClO4/c1-22-20-27(14-15-29(22)36-21-30(33)34-5)35-19-17-28(25-10-12-26(32)13-11-25)24-8-6-23(7-9-24)16-18-31(2,3)4/h6-15,17,20H,19,21H2,1-5H3/b28-17+. The molecule has 3 aromatic rings. The van der Waals surface area contributed by atoms with Crippen molar-refractivity contribution >= 4 is 23.1 Å². The van der Waals surface area contributed by atoms with Crippen LogP contribution in [0.15, 0.2) is 72.8 Å². The van der Waals surface area contributed by atoms with E-state index in [1.807, 2.05) is 55.5 Å². The van der Waals surface area contributed by atoms with E-state index < -0.39 is 5.97 Å². The number of carbonyl (C=O) groups is 1. The molecule has 0 aliphatic carbocycles. The minimum atomic E-state index is -0.427. The summed E-state index contributed by atoms with van der Waals surface area (Å²) in [5, 5.41) is 0.687. The lowest BCUT2D eigenvalue weighted by Gasteiger charge is -2.12. The van der Waals surface area contributed by atoms with Crippen LogP contribution in [0.3, 0.4) is 0 Å². The average molecular weight is 503 g/mol. The molecule has 0 unspecified atom stereocenters. The highest BCUT2D eigenvalue weighted by atomic mass is 35.5. The van der Waals surface area contributed by atoms with Gasteiger partial charge in [0.2, 0.25) is 0 Å². The number of methoxy groups -OCH3 is 1. The van der Waals surface area contributed by atoms with Crippen molar-refractivity contribution in [3.8, 4) is 23.3 Å². The molecule has 0 N–H and O–H groups in total. The second kappa shape index (κ2) is 12.3. The van der Waals surface area contributed by atoms with E-state index in [4.69, 9.17) is 21.1 Å². The topological polar surface area (TPSA) is 44.8 Å². The van der Waals surface area contributed by atoms with E-state index in [2.05, 4.69) is 55.6 Å². The maximum atomic E-state index is 11.3. The summed E-state index contributed by atoms with van der Waals surface area (Å²) in [5.41, 5.74) is 4.94. The summed E-state index contributed by atoms with van der Waals surface area (Å²) in [6.45, 7) is 8.43. The van der Waals surface area contributed by atoms with Gasteiger partial charge in [-0.1, -0.05) is 47.7 Å². The normalized spacial score (nSPS) is 11.3. The molecule has 0 atom stereocenters. The SMILES string of the molecule is COC(=O)COc1ccc(OC/C=C(/c2ccc(Cl)cc2)c2ccc(C#CC(C)(C)C)cc2)cc1C. The minimum Gasteiger partial charge on any atom is -0.489 e.